The Morgan fingerprint density at radius 1 is 1.08 bits per heavy atom. The smallest absolute Gasteiger partial charge is 0.246 e. The molecule has 136 valence electrons. The predicted octanol–water partition coefficient (Wildman–Crippen LogP) is 3.64. The molecule has 0 saturated carbocycles. The third-order valence-electron chi connectivity index (χ3n) is 4.54. The van der Waals surface area contributed by atoms with Gasteiger partial charge in [0.05, 0.1) is 0 Å². The van der Waals surface area contributed by atoms with Gasteiger partial charge < -0.3 is 15.5 Å². The van der Waals surface area contributed by atoms with Crippen molar-refractivity contribution < 1.29 is 9.59 Å². The Hall–Kier alpha value is -2.82. The van der Waals surface area contributed by atoms with Crippen molar-refractivity contribution in [3.8, 4) is 0 Å². The van der Waals surface area contributed by atoms with Crippen LogP contribution in [0.25, 0.3) is 0 Å². The normalized spacial score (nSPS) is 15.4. The third kappa shape index (κ3) is 4.85. The monoisotopic (exact) mass is 351 g/mol. The number of benzene rings is 2. The van der Waals surface area contributed by atoms with Gasteiger partial charge in [-0.05, 0) is 49.6 Å². The summed E-state index contributed by atoms with van der Waals surface area (Å²) in [7, 11) is 0. The van der Waals surface area contributed by atoms with E-state index >= 15 is 0 Å². The Kier molecular flexibility index (Phi) is 5.89. The second-order valence-electron chi connectivity index (χ2n) is 6.69. The average Bonchev–Trinajstić information content (AvgIpc) is 2.65. The van der Waals surface area contributed by atoms with E-state index in [4.69, 9.17) is 0 Å². The molecular formula is C21H25N3O2. The fourth-order valence-corrected chi connectivity index (χ4v) is 3.10. The van der Waals surface area contributed by atoms with Crippen LogP contribution in [0.15, 0.2) is 54.6 Å². The number of nitrogens with zero attached hydrogens (tertiary/aromatic N) is 1. The van der Waals surface area contributed by atoms with Crippen LogP contribution in [-0.4, -0.2) is 29.3 Å². The first-order valence-corrected chi connectivity index (χ1v) is 9.11. The molecule has 2 N–H and O–H groups in total. The number of likely N-dealkylation sites (tertiary alicyclic amines) is 1. The summed E-state index contributed by atoms with van der Waals surface area (Å²) < 4.78 is 0. The summed E-state index contributed by atoms with van der Waals surface area (Å²) in [6.07, 6.45) is 2.71. The van der Waals surface area contributed by atoms with Crippen molar-refractivity contribution in [2.24, 2.45) is 0 Å². The van der Waals surface area contributed by atoms with E-state index in [0.29, 0.717) is 13.0 Å². The molecule has 0 aliphatic carbocycles. The lowest BCUT2D eigenvalue weighted by molar-refractivity contribution is -0.133. The van der Waals surface area contributed by atoms with E-state index in [9.17, 15) is 9.59 Å². The SMILES string of the molecule is CC(Nc1cccc(CN2CCCCC2=O)c1)C(=O)Nc1ccccc1. The molecule has 2 amide bonds. The van der Waals surface area contributed by atoms with Gasteiger partial charge in [0.2, 0.25) is 11.8 Å². The Labute approximate surface area is 154 Å². The van der Waals surface area contributed by atoms with Gasteiger partial charge in [0, 0.05) is 30.9 Å². The molecule has 1 aliphatic heterocycles. The van der Waals surface area contributed by atoms with Crippen molar-refractivity contribution in [1.29, 1.82) is 0 Å². The first-order valence-electron chi connectivity index (χ1n) is 9.11. The molecule has 1 aliphatic rings. The zero-order valence-electron chi connectivity index (χ0n) is 15.1. The molecule has 5 nitrogen and oxygen atoms in total. The molecule has 0 aromatic heterocycles. The number of carbonyl (C=O) groups is 2. The molecular weight excluding hydrogens is 326 g/mol. The van der Waals surface area contributed by atoms with Crippen LogP contribution >= 0.6 is 0 Å². The fraction of sp³-hybridized carbons (Fsp3) is 0.333. The number of para-hydroxylation sites is 1. The molecule has 1 fully saturated rings. The standard InChI is InChI=1S/C21H25N3O2/c1-16(21(26)23-18-9-3-2-4-10-18)22-19-11-7-8-17(14-19)15-24-13-6-5-12-20(24)25/h2-4,7-11,14,16,22H,5-6,12-13,15H2,1H3,(H,23,26). The van der Waals surface area contributed by atoms with E-state index in [2.05, 4.69) is 10.6 Å². The molecule has 5 heteroatoms. The van der Waals surface area contributed by atoms with Gasteiger partial charge in [0.15, 0.2) is 0 Å². The molecule has 1 atom stereocenters. The van der Waals surface area contributed by atoms with Crippen molar-refractivity contribution in [1.82, 2.24) is 4.90 Å². The zero-order valence-corrected chi connectivity index (χ0v) is 15.1. The van der Waals surface area contributed by atoms with Gasteiger partial charge in [-0.2, -0.15) is 0 Å². The van der Waals surface area contributed by atoms with Crippen LogP contribution in [-0.2, 0) is 16.1 Å². The maximum atomic E-state index is 12.3. The Morgan fingerprint density at radius 2 is 1.85 bits per heavy atom. The lowest BCUT2D eigenvalue weighted by Crippen LogP contribution is -2.34. The first-order chi connectivity index (χ1) is 12.6. The van der Waals surface area contributed by atoms with Crippen molar-refractivity contribution in [3.63, 3.8) is 0 Å². The quantitative estimate of drug-likeness (QED) is 0.835. The van der Waals surface area contributed by atoms with E-state index in [-0.39, 0.29) is 17.9 Å². The molecule has 2 aromatic carbocycles. The summed E-state index contributed by atoms with van der Waals surface area (Å²) in [6.45, 7) is 3.28. The Balaban J connectivity index is 1.59. The van der Waals surface area contributed by atoms with Gasteiger partial charge in [-0.25, -0.2) is 0 Å². The minimum atomic E-state index is -0.373. The Bertz CT molecular complexity index is 761. The average molecular weight is 351 g/mol. The number of anilines is 2. The summed E-state index contributed by atoms with van der Waals surface area (Å²) in [5.74, 6) is 0.137. The van der Waals surface area contributed by atoms with Crippen LogP contribution in [0.4, 0.5) is 11.4 Å². The van der Waals surface area contributed by atoms with E-state index < -0.39 is 0 Å². The van der Waals surface area contributed by atoms with E-state index in [1.807, 2.05) is 66.4 Å². The molecule has 1 saturated heterocycles. The highest BCUT2D eigenvalue weighted by Gasteiger charge is 2.18. The third-order valence-corrected chi connectivity index (χ3v) is 4.54. The highest BCUT2D eigenvalue weighted by Crippen LogP contribution is 2.18. The second kappa shape index (κ2) is 8.52. The summed E-state index contributed by atoms with van der Waals surface area (Å²) >= 11 is 0. The van der Waals surface area contributed by atoms with Crippen LogP contribution < -0.4 is 10.6 Å². The second-order valence-corrected chi connectivity index (χ2v) is 6.69. The Morgan fingerprint density at radius 3 is 2.62 bits per heavy atom. The molecule has 1 heterocycles. The number of rotatable bonds is 6. The largest absolute Gasteiger partial charge is 0.374 e. The number of nitrogens with one attached hydrogen (secondary N) is 2. The summed E-state index contributed by atoms with van der Waals surface area (Å²) in [6, 6.07) is 17.0. The highest BCUT2D eigenvalue weighted by atomic mass is 16.2. The van der Waals surface area contributed by atoms with Crippen molar-refractivity contribution in [2.45, 2.75) is 38.8 Å². The van der Waals surface area contributed by atoms with E-state index in [1.165, 1.54) is 0 Å². The number of piperidine rings is 1. The maximum Gasteiger partial charge on any atom is 0.246 e. The summed E-state index contributed by atoms with van der Waals surface area (Å²) in [5, 5.41) is 6.13. The van der Waals surface area contributed by atoms with E-state index in [0.717, 1.165) is 36.3 Å². The molecule has 3 rings (SSSR count). The molecule has 0 spiro atoms. The lowest BCUT2D eigenvalue weighted by Gasteiger charge is -2.27. The summed E-state index contributed by atoms with van der Waals surface area (Å²) in [4.78, 5) is 26.2. The predicted molar refractivity (Wildman–Crippen MR) is 104 cm³/mol. The minimum Gasteiger partial charge on any atom is -0.374 e. The van der Waals surface area contributed by atoms with Gasteiger partial charge in [0.1, 0.15) is 6.04 Å². The van der Waals surface area contributed by atoms with Crippen LogP contribution in [0.5, 0.6) is 0 Å². The van der Waals surface area contributed by atoms with Crippen LogP contribution in [0.2, 0.25) is 0 Å². The first kappa shape index (κ1) is 18.0. The van der Waals surface area contributed by atoms with Crippen molar-refractivity contribution in [3.05, 3.63) is 60.2 Å². The van der Waals surface area contributed by atoms with Crippen molar-refractivity contribution >= 4 is 23.2 Å². The van der Waals surface area contributed by atoms with Crippen LogP contribution in [0.3, 0.4) is 0 Å². The highest BCUT2D eigenvalue weighted by molar-refractivity contribution is 5.96. The molecule has 1 unspecified atom stereocenters. The zero-order chi connectivity index (χ0) is 18.4. The van der Waals surface area contributed by atoms with Crippen molar-refractivity contribution in [2.75, 3.05) is 17.2 Å². The lowest BCUT2D eigenvalue weighted by atomic mass is 10.1. The molecule has 0 radical (unpaired) electrons. The molecule has 2 aromatic rings. The number of hydrogen-bond acceptors (Lipinski definition) is 3. The van der Waals surface area contributed by atoms with Gasteiger partial charge in [-0.1, -0.05) is 30.3 Å². The van der Waals surface area contributed by atoms with Gasteiger partial charge in [0.25, 0.3) is 0 Å². The van der Waals surface area contributed by atoms with Crippen LogP contribution in [0.1, 0.15) is 31.7 Å². The number of hydrogen-bond donors (Lipinski definition) is 2. The van der Waals surface area contributed by atoms with Gasteiger partial charge >= 0.3 is 0 Å². The minimum absolute atomic E-state index is 0.0900. The van der Waals surface area contributed by atoms with Gasteiger partial charge in [-0.3, -0.25) is 9.59 Å². The summed E-state index contributed by atoms with van der Waals surface area (Å²) in [5.41, 5.74) is 2.73. The number of amides is 2. The van der Waals surface area contributed by atoms with Gasteiger partial charge in [-0.15, -0.1) is 0 Å². The van der Waals surface area contributed by atoms with E-state index in [1.54, 1.807) is 0 Å². The topological polar surface area (TPSA) is 61.4 Å². The maximum absolute atomic E-state index is 12.3. The fourth-order valence-electron chi connectivity index (χ4n) is 3.10. The molecule has 0 bridgehead atoms. The number of carbonyl (C=O) groups excluding carboxylic acids is 2. The van der Waals surface area contributed by atoms with Crippen LogP contribution in [0, 0.1) is 0 Å². The molecule has 26 heavy (non-hydrogen) atoms.